The van der Waals surface area contributed by atoms with Gasteiger partial charge in [-0.1, -0.05) is 42.5 Å². The van der Waals surface area contributed by atoms with Crippen LogP contribution >= 0.6 is 0 Å². The van der Waals surface area contributed by atoms with E-state index < -0.39 is 35.9 Å². The minimum atomic E-state index is -4.77. The van der Waals surface area contributed by atoms with Crippen LogP contribution in [0.3, 0.4) is 0 Å². The number of ether oxygens (including phenoxy) is 2. The Bertz CT molecular complexity index is 1310. The van der Waals surface area contributed by atoms with Crippen LogP contribution in [0.4, 0.5) is 22.0 Å². The Labute approximate surface area is 216 Å². The fourth-order valence-electron chi connectivity index (χ4n) is 5.07. The molecule has 1 heterocycles. The summed E-state index contributed by atoms with van der Waals surface area (Å²) in [5.74, 6) is -3.01. The molecule has 1 aliphatic carbocycles. The number of carbonyl (C=O) groups excluding carboxylic acids is 1. The summed E-state index contributed by atoms with van der Waals surface area (Å²) in [6.45, 7) is 0. The van der Waals surface area contributed by atoms with E-state index in [2.05, 4.69) is 9.73 Å². The minimum absolute atomic E-state index is 0.0382. The van der Waals surface area contributed by atoms with E-state index in [1.807, 2.05) is 0 Å². The lowest BCUT2D eigenvalue weighted by atomic mass is 9.90. The molecule has 0 amide bonds. The van der Waals surface area contributed by atoms with Gasteiger partial charge in [0.1, 0.15) is 23.5 Å². The van der Waals surface area contributed by atoms with Crippen molar-refractivity contribution in [3.05, 3.63) is 89.5 Å². The minimum Gasteiger partial charge on any atom is -0.462 e. The number of rotatable bonds is 6. The summed E-state index contributed by atoms with van der Waals surface area (Å²) in [4.78, 5) is 17.8. The molecule has 0 N–H and O–H groups in total. The van der Waals surface area contributed by atoms with Gasteiger partial charge in [-0.15, -0.1) is 13.2 Å². The number of alkyl halides is 3. The van der Waals surface area contributed by atoms with Crippen LogP contribution in [0.1, 0.15) is 49.3 Å². The average Bonchev–Trinajstić information content (AvgIpc) is 3.54. The van der Waals surface area contributed by atoms with Gasteiger partial charge in [0.2, 0.25) is 0 Å². The van der Waals surface area contributed by atoms with Crippen molar-refractivity contribution >= 4 is 11.7 Å². The number of hydrogen-bond acceptors (Lipinski definition) is 4. The van der Waals surface area contributed by atoms with Crippen LogP contribution < -0.4 is 4.74 Å². The van der Waals surface area contributed by atoms with Crippen LogP contribution in [0.25, 0.3) is 11.1 Å². The zero-order valence-corrected chi connectivity index (χ0v) is 20.2. The molecule has 1 aliphatic heterocycles. The van der Waals surface area contributed by atoms with Gasteiger partial charge in [0.25, 0.3) is 0 Å². The summed E-state index contributed by atoms with van der Waals surface area (Å²) in [6.07, 6.45) is -1.34. The Hall–Kier alpha value is -3.75. The lowest BCUT2D eigenvalue weighted by Gasteiger charge is -2.20. The van der Waals surface area contributed by atoms with Gasteiger partial charge in [0, 0.05) is 12.1 Å². The van der Waals surface area contributed by atoms with E-state index in [-0.39, 0.29) is 29.5 Å². The number of nitrogens with zero attached hydrogens (tertiary/aromatic N) is 1. The van der Waals surface area contributed by atoms with E-state index in [1.165, 1.54) is 30.3 Å². The van der Waals surface area contributed by atoms with Crippen molar-refractivity contribution in [1.29, 1.82) is 0 Å². The van der Waals surface area contributed by atoms with Crippen molar-refractivity contribution in [3.8, 4) is 16.9 Å². The highest BCUT2D eigenvalue weighted by Crippen LogP contribution is 2.40. The third-order valence-corrected chi connectivity index (χ3v) is 6.90. The van der Waals surface area contributed by atoms with Crippen molar-refractivity contribution < 1.29 is 36.2 Å². The van der Waals surface area contributed by atoms with Crippen LogP contribution in [0.2, 0.25) is 0 Å². The molecule has 198 valence electrons. The van der Waals surface area contributed by atoms with Crippen LogP contribution in [0.15, 0.2) is 71.7 Å². The summed E-state index contributed by atoms with van der Waals surface area (Å²) in [5, 5.41) is 0. The molecule has 38 heavy (non-hydrogen) atoms. The quantitative estimate of drug-likeness (QED) is 0.245. The van der Waals surface area contributed by atoms with E-state index in [0.29, 0.717) is 11.1 Å². The van der Waals surface area contributed by atoms with Crippen LogP contribution in [-0.4, -0.2) is 24.1 Å². The molecule has 2 atom stereocenters. The van der Waals surface area contributed by atoms with Crippen molar-refractivity contribution in [1.82, 2.24) is 0 Å². The molecule has 0 saturated heterocycles. The Kier molecular flexibility index (Phi) is 7.19. The lowest BCUT2D eigenvalue weighted by Crippen LogP contribution is -2.25. The van der Waals surface area contributed by atoms with Gasteiger partial charge >= 0.3 is 12.3 Å². The highest BCUT2D eigenvalue weighted by Gasteiger charge is 2.40. The first-order valence-corrected chi connectivity index (χ1v) is 12.4. The maximum absolute atomic E-state index is 14.5. The Balaban J connectivity index is 1.41. The molecule has 2 unspecified atom stereocenters. The Morgan fingerprint density at radius 1 is 0.842 bits per heavy atom. The zero-order valence-electron chi connectivity index (χ0n) is 20.2. The largest absolute Gasteiger partial charge is 0.573 e. The SMILES string of the molecule is O=C(OC1CCCC1)C1CC(c2c(F)cccc2F)=NC1c1ccc(-c2ccc(OC(F)(F)F)cc2)cc1. The lowest BCUT2D eigenvalue weighted by molar-refractivity contribution is -0.274. The van der Waals surface area contributed by atoms with Gasteiger partial charge in [0.05, 0.1) is 17.5 Å². The van der Waals surface area contributed by atoms with Gasteiger partial charge in [-0.3, -0.25) is 9.79 Å². The molecule has 5 rings (SSSR count). The first-order chi connectivity index (χ1) is 18.2. The molecular formula is C29H24F5NO3. The highest BCUT2D eigenvalue weighted by molar-refractivity contribution is 6.04. The molecule has 3 aromatic carbocycles. The Morgan fingerprint density at radius 2 is 1.42 bits per heavy atom. The molecule has 3 aromatic rings. The van der Waals surface area contributed by atoms with E-state index in [1.54, 1.807) is 24.3 Å². The van der Waals surface area contributed by atoms with Gasteiger partial charge in [0.15, 0.2) is 0 Å². The summed E-state index contributed by atoms with van der Waals surface area (Å²) < 4.78 is 76.0. The number of halogens is 5. The first kappa shape index (κ1) is 25.9. The molecule has 4 nitrogen and oxygen atoms in total. The molecule has 2 aliphatic rings. The van der Waals surface area contributed by atoms with Crippen molar-refractivity contribution in [3.63, 3.8) is 0 Å². The molecule has 0 spiro atoms. The summed E-state index contributed by atoms with van der Waals surface area (Å²) in [5.41, 5.74) is 1.97. The van der Waals surface area contributed by atoms with Gasteiger partial charge < -0.3 is 9.47 Å². The van der Waals surface area contributed by atoms with Crippen molar-refractivity contribution in [2.24, 2.45) is 10.9 Å². The number of esters is 1. The van der Waals surface area contributed by atoms with E-state index in [4.69, 9.17) is 4.74 Å². The van der Waals surface area contributed by atoms with Gasteiger partial charge in [-0.25, -0.2) is 8.78 Å². The fourth-order valence-corrected chi connectivity index (χ4v) is 5.07. The first-order valence-electron chi connectivity index (χ1n) is 12.4. The summed E-state index contributed by atoms with van der Waals surface area (Å²) >= 11 is 0. The molecule has 0 aromatic heterocycles. The maximum atomic E-state index is 14.5. The number of carbonyl (C=O) groups is 1. The topological polar surface area (TPSA) is 47.9 Å². The second kappa shape index (κ2) is 10.6. The molecule has 1 saturated carbocycles. The van der Waals surface area contributed by atoms with Crippen molar-refractivity contribution in [2.45, 2.75) is 50.6 Å². The average molecular weight is 530 g/mol. The van der Waals surface area contributed by atoms with Crippen LogP contribution in [0, 0.1) is 17.6 Å². The predicted molar refractivity (Wildman–Crippen MR) is 131 cm³/mol. The monoisotopic (exact) mass is 529 g/mol. The molecular weight excluding hydrogens is 505 g/mol. The fraction of sp³-hybridized carbons (Fsp3) is 0.310. The highest BCUT2D eigenvalue weighted by atomic mass is 19.4. The van der Waals surface area contributed by atoms with Gasteiger partial charge in [-0.2, -0.15) is 0 Å². The predicted octanol–water partition coefficient (Wildman–Crippen LogP) is 7.57. The molecule has 9 heteroatoms. The van der Waals surface area contributed by atoms with E-state index >= 15 is 0 Å². The van der Waals surface area contributed by atoms with Crippen LogP contribution in [-0.2, 0) is 9.53 Å². The second-order valence-corrected chi connectivity index (χ2v) is 9.47. The van der Waals surface area contributed by atoms with Gasteiger partial charge in [-0.05, 0) is 66.6 Å². The zero-order chi connectivity index (χ0) is 26.9. The normalized spacial score (nSPS) is 19.9. The number of benzene rings is 3. The smallest absolute Gasteiger partial charge is 0.462 e. The third kappa shape index (κ3) is 5.71. The molecule has 0 bridgehead atoms. The molecule has 0 radical (unpaired) electrons. The standard InChI is InChI=1S/C29H24F5NO3/c30-23-6-3-7-24(31)26(23)25-16-22(28(36)37-20-4-1-2-5-20)27(35-25)19-10-8-17(9-11-19)18-12-14-21(15-13-18)38-29(32,33)34/h3,6-15,20,22,27H,1-2,4-5,16H2. The Morgan fingerprint density at radius 3 is 2.00 bits per heavy atom. The summed E-state index contributed by atoms with van der Waals surface area (Å²) in [7, 11) is 0. The van der Waals surface area contributed by atoms with E-state index in [0.717, 1.165) is 43.4 Å². The van der Waals surface area contributed by atoms with Crippen LogP contribution in [0.5, 0.6) is 5.75 Å². The molecule has 1 fully saturated rings. The number of aliphatic imine (C=N–C) groups is 1. The number of hydrogen-bond donors (Lipinski definition) is 0. The second-order valence-electron chi connectivity index (χ2n) is 9.47. The van der Waals surface area contributed by atoms with Crippen molar-refractivity contribution in [2.75, 3.05) is 0 Å². The third-order valence-electron chi connectivity index (χ3n) is 6.90. The summed E-state index contributed by atoms with van der Waals surface area (Å²) in [6, 6.07) is 15.3. The van der Waals surface area contributed by atoms with E-state index in [9.17, 15) is 26.7 Å². The maximum Gasteiger partial charge on any atom is 0.573 e.